The molecule has 1 saturated heterocycles. The van der Waals surface area contributed by atoms with Gasteiger partial charge in [-0.15, -0.1) is 0 Å². The molecule has 3 aromatic rings. The fourth-order valence-electron chi connectivity index (χ4n) is 3.72. The first-order chi connectivity index (χ1) is 16.7. The van der Waals surface area contributed by atoms with Crippen LogP contribution in [-0.4, -0.2) is 70.0 Å². The molecule has 1 aliphatic heterocycles. The van der Waals surface area contributed by atoms with Crippen LogP contribution in [0.25, 0.3) is 10.8 Å². The van der Waals surface area contributed by atoms with Crippen LogP contribution in [0.5, 0.6) is 0 Å². The van der Waals surface area contributed by atoms with E-state index in [1.165, 1.54) is 0 Å². The number of H-pyrrole nitrogens is 1. The van der Waals surface area contributed by atoms with Crippen molar-refractivity contribution in [3.63, 3.8) is 0 Å². The van der Waals surface area contributed by atoms with Crippen molar-refractivity contribution in [1.82, 2.24) is 25.1 Å². The zero-order chi connectivity index (χ0) is 25.0. The second-order valence-corrected chi connectivity index (χ2v) is 7.96. The Kier molecular flexibility index (Phi) is 6.94. The molecule has 0 spiro atoms. The number of fused-ring (bicyclic) bond motifs is 1. The van der Waals surface area contributed by atoms with Gasteiger partial charge in [-0.05, 0) is 11.6 Å². The van der Waals surface area contributed by atoms with Crippen LogP contribution in [0.3, 0.4) is 0 Å². The van der Waals surface area contributed by atoms with E-state index in [4.69, 9.17) is 4.84 Å². The first kappa shape index (κ1) is 24.1. The van der Waals surface area contributed by atoms with Crippen LogP contribution in [0.15, 0.2) is 46.7 Å². The highest BCUT2D eigenvalue weighted by molar-refractivity contribution is 5.87. The molecule has 1 aromatic carbocycles. The summed E-state index contributed by atoms with van der Waals surface area (Å²) < 4.78 is 38.0. The molecule has 1 atom stereocenters. The number of rotatable bonds is 6. The second kappa shape index (κ2) is 10.1. The number of hydrogen-bond donors (Lipinski definition) is 1. The average molecular weight is 489 g/mol. The van der Waals surface area contributed by atoms with Crippen molar-refractivity contribution in [3.8, 4) is 0 Å². The molecule has 13 heteroatoms. The second-order valence-electron chi connectivity index (χ2n) is 7.96. The van der Waals surface area contributed by atoms with Crippen molar-refractivity contribution in [3.05, 3.63) is 58.3 Å². The Morgan fingerprint density at radius 3 is 2.57 bits per heavy atom. The Labute approximate surface area is 197 Å². The number of hydrogen-bond acceptors (Lipinski definition) is 8. The summed E-state index contributed by atoms with van der Waals surface area (Å²) in [5, 5.41) is 11.4. The predicted octanol–water partition coefficient (Wildman–Crippen LogP) is 2.19. The topological polar surface area (TPSA) is 117 Å². The summed E-state index contributed by atoms with van der Waals surface area (Å²) in [4.78, 5) is 40.4. The molecule has 0 saturated carbocycles. The number of halogens is 3. The number of nitrogens with one attached hydrogen (secondary N) is 1. The van der Waals surface area contributed by atoms with Crippen molar-refractivity contribution in [2.24, 2.45) is 5.16 Å². The van der Waals surface area contributed by atoms with Crippen LogP contribution in [0.4, 0.5) is 19.1 Å². The van der Waals surface area contributed by atoms with Crippen LogP contribution in [0.1, 0.15) is 24.0 Å². The van der Waals surface area contributed by atoms with Crippen LogP contribution in [0, 0.1) is 0 Å². The number of aromatic amines is 1. The number of oxime groups is 1. The van der Waals surface area contributed by atoms with Gasteiger partial charge in [-0.2, -0.15) is 18.3 Å². The summed E-state index contributed by atoms with van der Waals surface area (Å²) in [5.41, 5.74) is -0.338. The van der Waals surface area contributed by atoms with E-state index in [0.717, 1.165) is 18.0 Å². The number of amides is 1. The number of piperazine rings is 1. The van der Waals surface area contributed by atoms with Gasteiger partial charge in [0.1, 0.15) is 0 Å². The van der Waals surface area contributed by atoms with Gasteiger partial charge in [-0.25, -0.2) is 15.1 Å². The predicted molar refractivity (Wildman–Crippen MR) is 121 cm³/mol. The Bertz CT molecular complexity index is 1270. The van der Waals surface area contributed by atoms with Crippen LogP contribution in [0.2, 0.25) is 0 Å². The van der Waals surface area contributed by atoms with Crippen molar-refractivity contribution in [2.45, 2.75) is 19.0 Å². The lowest BCUT2D eigenvalue weighted by molar-refractivity contribution is -0.138. The summed E-state index contributed by atoms with van der Waals surface area (Å²) in [7, 11) is 0. The minimum atomic E-state index is -4.49. The van der Waals surface area contributed by atoms with Gasteiger partial charge >= 0.3 is 6.18 Å². The molecule has 2 aromatic heterocycles. The van der Waals surface area contributed by atoms with E-state index in [0.29, 0.717) is 37.0 Å². The molecule has 1 N–H and O–H groups in total. The maximum absolute atomic E-state index is 12.7. The molecular weight excluding hydrogens is 467 g/mol. The molecule has 4 rings (SSSR count). The summed E-state index contributed by atoms with van der Waals surface area (Å²) in [6.45, 7) is 3.09. The van der Waals surface area contributed by atoms with Crippen LogP contribution >= 0.6 is 0 Å². The van der Waals surface area contributed by atoms with E-state index in [2.05, 4.69) is 25.3 Å². The zero-order valence-corrected chi connectivity index (χ0v) is 18.7. The number of anilines is 1. The molecule has 1 amide bonds. The third-order valence-electron chi connectivity index (χ3n) is 5.66. The smallest absolute Gasteiger partial charge is 0.386 e. The molecule has 35 heavy (non-hydrogen) atoms. The summed E-state index contributed by atoms with van der Waals surface area (Å²) in [6.07, 6.45) is 0.132. The quantitative estimate of drug-likeness (QED) is 0.417. The molecule has 3 heterocycles. The number of benzene rings is 1. The van der Waals surface area contributed by atoms with Crippen molar-refractivity contribution >= 4 is 28.8 Å². The molecule has 1 aliphatic rings. The van der Waals surface area contributed by atoms with Gasteiger partial charge in [0.2, 0.25) is 5.95 Å². The molecule has 184 valence electrons. The molecular formula is C22H22F3N7O3. The fraction of sp³-hybridized carbons (Fsp3) is 0.364. The zero-order valence-electron chi connectivity index (χ0n) is 18.7. The molecule has 10 nitrogen and oxygen atoms in total. The fourth-order valence-corrected chi connectivity index (χ4v) is 3.72. The van der Waals surface area contributed by atoms with Crippen molar-refractivity contribution in [1.29, 1.82) is 0 Å². The number of aromatic nitrogens is 4. The van der Waals surface area contributed by atoms with Crippen molar-refractivity contribution in [2.75, 3.05) is 37.7 Å². The van der Waals surface area contributed by atoms with Gasteiger partial charge in [0.05, 0.1) is 23.4 Å². The van der Waals surface area contributed by atoms with E-state index in [9.17, 15) is 22.8 Å². The average Bonchev–Trinajstić information content (AvgIpc) is 2.86. The lowest BCUT2D eigenvalue weighted by Gasteiger charge is -2.34. The number of carbonyl (C=O) groups is 1. The minimum Gasteiger partial charge on any atom is -0.386 e. The first-order valence-electron chi connectivity index (χ1n) is 10.8. The van der Waals surface area contributed by atoms with E-state index in [1.54, 1.807) is 34.3 Å². The molecule has 0 aliphatic carbocycles. The molecule has 0 radical (unpaired) electrons. The Morgan fingerprint density at radius 1 is 1.17 bits per heavy atom. The third kappa shape index (κ3) is 5.55. The van der Waals surface area contributed by atoms with Crippen molar-refractivity contribution < 1.29 is 22.8 Å². The summed E-state index contributed by atoms with van der Waals surface area (Å²) in [5.74, 6) is -0.265. The van der Waals surface area contributed by atoms with E-state index in [-0.39, 0.29) is 29.9 Å². The Morgan fingerprint density at radius 2 is 1.89 bits per heavy atom. The third-order valence-corrected chi connectivity index (χ3v) is 5.66. The summed E-state index contributed by atoms with van der Waals surface area (Å²) in [6, 6.07) is 5.35. The van der Waals surface area contributed by atoms with E-state index in [1.807, 2.05) is 13.0 Å². The Hall–Kier alpha value is -4.03. The van der Waals surface area contributed by atoms with Crippen LogP contribution < -0.4 is 10.5 Å². The lowest BCUT2D eigenvalue weighted by Crippen LogP contribution is -2.50. The van der Waals surface area contributed by atoms with Gasteiger partial charge in [0, 0.05) is 49.9 Å². The van der Waals surface area contributed by atoms with Gasteiger partial charge in [0.25, 0.3) is 11.5 Å². The highest BCUT2D eigenvalue weighted by Crippen LogP contribution is 2.28. The largest absolute Gasteiger partial charge is 0.419 e. The summed E-state index contributed by atoms with van der Waals surface area (Å²) >= 11 is 0. The molecule has 1 unspecified atom stereocenters. The van der Waals surface area contributed by atoms with E-state index < -0.39 is 11.7 Å². The van der Waals surface area contributed by atoms with Gasteiger partial charge in [-0.3, -0.25) is 9.59 Å². The number of alkyl halides is 3. The lowest BCUT2D eigenvalue weighted by atomic mass is 9.97. The Balaban J connectivity index is 1.26. The molecule has 1 fully saturated rings. The normalized spacial score (nSPS) is 15.5. The number of carbonyl (C=O) groups excluding carboxylic acids is 1. The molecule has 0 bridgehead atoms. The first-order valence-corrected chi connectivity index (χ1v) is 10.8. The maximum atomic E-state index is 12.7. The standard InChI is InChI=1S/C22H22F3N7O3/c1-14(16-3-2-4-17-18(16)12-28-30-20(17)34)9-29-35-13-19(33)31-5-7-32(8-6-31)21-26-10-15(11-27-21)22(23,24)25/h2-4,9-12,14H,5-8,13H2,1H3,(H,30,34). The minimum absolute atomic E-state index is 0.186. The SMILES string of the molecule is CC(C=NOCC(=O)N1CCN(c2ncc(C(F)(F)F)cn2)CC1)c1cccc2c(=O)[nH]ncc12. The van der Waals surface area contributed by atoms with E-state index >= 15 is 0 Å². The van der Waals surface area contributed by atoms with Gasteiger partial charge in [-0.1, -0.05) is 24.2 Å². The van der Waals surface area contributed by atoms with Gasteiger partial charge in [0.15, 0.2) is 6.61 Å². The maximum Gasteiger partial charge on any atom is 0.419 e. The monoisotopic (exact) mass is 489 g/mol. The number of nitrogens with zero attached hydrogens (tertiary/aromatic N) is 6. The highest BCUT2D eigenvalue weighted by atomic mass is 19.4. The van der Waals surface area contributed by atoms with Gasteiger partial charge < -0.3 is 14.6 Å². The van der Waals surface area contributed by atoms with Crippen LogP contribution in [-0.2, 0) is 15.8 Å². The highest BCUT2D eigenvalue weighted by Gasteiger charge is 2.32.